The Bertz CT molecular complexity index is 1070. The first-order valence-corrected chi connectivity index (χ1v) is 12.5. The fraction of sp³-hybridized carbons (Fsp3) is 0.458. The van der Waals surface area contributed by atoms with E-state index >= 15 is 0 Å². The molecule has 0 spiro atoms. The molecular weight excluding hydrogens is 442 g/mol. The molecule has 2 N–H and O–H groups in total. The number of hydrogen-bond donors (Lipinski definition) is 2. The molecule has 1 aliphatic heterocycles. The van der Waals surface area contributed by atoms with Gasteiger partial charge in [-0.15, -0.1) is 0 Å². The van der Waals surface area contributed by atoms with Gasteiger partial charge < -0.3 is 19.7 Å². The third kappa shape index (κ3) is 6.25. The SMILES string of the molecule is CO[C@@H]1CN(C)C(=O)c2ccc(NS(=O)(=O)c3ccc(C)cc3)cc2OC[C@@H](C)NC[C@@H]1C. The van der Waals surface area contributed by atoms with E-state index in [0.29, 0.717) is 36.7 Å². The fourth-order valence-corrected chi connectivity index (χ4v) is 4.70. The van der Waals surface area contributed by atoms with Gasteiger partial charge in [0.2, 0.25) is 0 Å². The van der Waals surface area contributed by atoms with Crippen molar-refractivity contribution in [2.24, 2.45) is 5.92 Å². The number of carbonyl (C=O) groups is 1. The number of anilines is 1. The van der Waals surface area contributed by atoms with Crippen molar-refractivity contribution < 1.29 is 22.7 Å². The van der Waals surface area contributed by atoms with Gasteiger partial charge in [-0.3, -0.25) is 9.52 Å². The first-order valence-electron chi connectivity index (χ1n) is 11.0. The number of hydrogen-bond acceptors (Lipinski definition) is 6. The van der Waals surface area contributed by atoms with Crippen LogP contribution in [0.2, 0.25) is 0 Å². The maximum Gasteiger partial charge on any atom is 0.261 e. The molecule has 0 saturated carbocycles. The normalized spacial score (nSPS) is 22.5. The van der Waals surface area contributed by atoms with E-state index < -0.39 is 10.0 Å². The van der Waals surface area contributed by atoms with E-state index in [2.05, 4.69) is 17.0 Å². The molecule has 9 heteroatoms. The molecule has 0 aliphatic carbocycles. The number of nitrogens with one attached hydrogen (secondary N) is 2. The molecule has 2 aromatic rings. The Morgan fingerprint density at radius 3 is 2.52 bits per heavy atom. The number of aryl methyl sites for hydroxylation is 1. The minimum absolute atomic E-state index is 0.0259. The second-order valence-electron chi connectivity index (χ2n) is 8.69. The summed E-state index contributed by atoms with van der Waals surface area (Å²) < 4.78 is 39.8. The molecule has 2 aromatic carbocycles. The molecular formula is C24H33N3O5S. The lowest BCUT2D eigenvalue weighted by molar-refractivity contribution is 0.0281. The minimum Gasteiger partial charge on any atom is -0.491 e. The first kappa shape index (κ1) is 25.0. The van der Waals surface area contributed by atoms with E-state index in [9.17, 15) is 13.2 Å². The van der Waals surface area contributed by atoms with Crippen LogP contribution < -0.4 is 14.8 Å². The van der Waals surface area contributed by atoms with Crippen LogP contribution in [0.4, 0.5) is 5.69 Å². The van der Waals surface area contributed by atoms with Gasteiger partial charge in [-0.05, 0) is 44.0 Å². The van der Waals surface area contributed by atoms with Crippen molar-refractivity contribution in [2.45, 2.75) is 37.8 Å². The summed E-state index contributed by atoms with van der Waals surface area (Å²) in [5.74, 6) is 0.311. The van der Waals surface area contributed by atoms with Gasteiger partial charge in [-0.2, -0.15) is 0 Å². The van der Waals surface area contributed by atoms with Gasteiger partial charge >= 0.3 is 0 Å². The first-order chi connectivity index (χ1) is 15.6. The molecule has 0 bridgehead atoms. The Balaban J connectivity index is 1.91. The summed E-state index contributed by atoms with van der Waals surface area (Å²) in [6.07, 6.45) is -0.122. The zero-order chi connectivity index (χ0) is 24.2. The topological polar surface area (TPSA) is 97.0 Å². The van der Waals surface area contributed by atoms with Crippen LogP contribution in [-0.2, 0) is 14.8 Å². The van der Waals surface area contributed by atoms with E-state index in [1.54, 1.807) is 61.5 Å². The predicted octanol–water partition coefficient (Wildman–Crippen LogP) is 2.89. The smallest absolute Gasteiger partial charge is 0.261 e. The number of benzene rings is 2. The van der Waals surface area contributed by atoms with Crippen LogP contribution in [-0.4, -0.2) is 65.2 Å². The number of sulfonamides is 1. The highest BCUT2D eigenvalue weighted by Gasteiger charge is 2.26. The number of rotatable bonds is 4. The van der Waals surface area contributed by atoms with Crippen LogP contribution in [0.15, 0.2) is 47.4 Å². The highest BCUT2D eigenvalue weighted by molar-refractivity contribution is 7.92. The highest BCUT2D eigenvalue weighted by Crippen LogP contribution is 2.27. The van der Waals surface area contributed by atoms with Crippen LogP contribution in [0.1, 0.15) is 29.8 Å². The van der Waals surface area contributed by atoms with Crippen molar-refractivity contribution in [1.29, 1.82) is 0 Å². The summed E-state index contributed by atoms with van der Waals surface area (Å²) >= 11 is 0. The third-order valence-corrected chi connectivity index (χ3v) is 7.21. The molecule has 0 unspecified atom stereocenters. The zero-order valence-corrected chi connectivity index (χ0v) is 20.6. The van der Waals surface area contributed by atoms with Gasteiger partial charge in [0.1, 0.15) is 12.4 Å². The number of likely N-dealkylation sites (N-methyl/N-ethyl adjacent to an activating group) is 1. The van der Waals surface area contributed by atoms with Gasteiger partial charge in [0.25, 0.3) is 15.9 Å². The molecule has 33 heavy (non-hydrogen) atoms. The Labute approximate surface area is 196 Å². The number of ether oxygens (including phenoxy) is 2. The summed E-state index contributed by atoms with van der Waals surface area (Å²) in [6, 6.07) is 11.3. The molecule has 1 heterocycles. The zero-order valence-electron chi connectivity index (χ0n) is 19.8. The average Bonchev–Trinajstić information content (AvgIpc) is 2.78. The van der Waals surface area contributed by atoms with E-state index in [1.807, 2.05) is 13.8 Å². The molecule has 0 fully saturated rings. The quantitative estimate of drug-likeness (QED) is 0.706. The molecule has 0 saturated heterocycles. The molecule has 1 amide bonds. The van der Waals surface area contributed by atoms with Gasteiger partial charge in [0.05, 0.1) is 22.3 Å². The largest absolute Gasteiger partial charge is 0.491 e. The van der Waals surface area contributed by atoms with Crippen LogP contribution >= 0.6 is 0 Å². The maximum absolute atomic E-state index is 13.2. The van der Waals surface area contributed by atoms with Crippen molar-refractivity contribution in [2.75, 3.05) is 38.6 Å². The molecule has 0 aromatic heterocycles. The van der Waals surface area contributed by atoms with Crippen molar-refractivity contribution in [1.82, 2.24) is 10.2 Å². The number of nitrogens with zero attached hydrogens (tertiary/aromatic N) is 1. The van der Waals surface area contributed by atoms with Crippen molar-refractivity contribution in [3.8, 4) is 5.75 Å². The van der Waals surface area contributed by atoms with E-state index in [4.69, 9.17) is 9.47 Å². The van der Waals surface area contributed by atoms with Gasteiger partial charge in [-0.25, -0.2) is 8.42 Å². The van der Waals surface area contributed by atoms with Gasteiger partial charge in [0.15, 0.2) is 0 Å². The lowest BCUT2D eigenvalue weighted by Crippen LogP contribution is -2.44. The predicted molar refractivity (Wildman–Crippen MR) is 128 cm³/mol. The van der Waals surface area contributed by atoms with Crippen molar-refractivity contribution in [3.05, 3.63) is 53.6 Å². The van der Waals surface area contributed by atoms with Gasteiger partial charge in [-0.1, -0.05) is 24.6 Å². The van der Waals surface area contributed by atoms with E-state index in [0.717, 1.165) is 5.56 Å². The lowest BCUT2D eigenvalue weighted by Gasteiger charge is -2.30. The van der Waals surface area contributed by atoms with Crippen LogP contribution in [0.3, 0.4) is 0 Å². The lowest BCUT2D eigenvalue weighted by atomic mass is 10.0. The number of methoxy groups -OCH3 is 1. The second kappa shape index (κ2) is 10.5. The molecule has 0 radical (unpaired) electrons. The molecule has 3 rings (SSSR count). The average molecular weight is 476 g/mol. The molecule has 1 aliphatic rings. The minimum atomic E-state index is -3.78. The van der Waals surface area contributed by atoms with E-state index in [1.165, 1.54) is 0 Å². The Kier molecular flexibility index (Phi) is 7.99. The number of amides is 1. The fourth-order valence-electron chi connectivity index (χ4n) is 3.65. The van der Waals surface area contributed by atoms with Gasteiger partial charge in [0, 0.05) is 39.4 Å². The maximum atomic E-state index is 13.2. The summed E-state index contributed by atoms with van der Waals surface area (Å²) in [5.41, 5.74) is 1.66. The summed E-state index contributed by atoms with van der Waals surface area (Å²) in [4.78, 5) is 15.0. The summed E-state index contributed by atoms with van der Waals surface area (Å²) in [6.45, 7) is 7.44. The Morgan fingerprint density at radius 1 is 1.15 bits per heavy atom. The van der Waals surface area contributed by atoms with Crippen LogP contribution in [0.25, 0.3) is 0 Å². The number of carbonyl (C=O) groups excluding carboxylic acids is 1. The van der Waals surface area contributed by atoms with E-state index in [-0.39, 0.29) is 28.9 Å². The summed E-state index contributed by atoms with van der Waals surface area (Å²) in [7, 11) is -0.404. The third-order valence-electron chi connectivity index (χ3n) is 5.81. The van der Waals surface area contributed by atoms with Crippen molar-refractivity contribution in [3.63, 3.8) is 0 Å². The highest BCUT2D eigenvalue weighted by atomic mass is 32.2. The molecule has 8 nitrogen and oxygen atoms in total. The summed E-state index contributed by atoms with van der Waals surface area (Å²) in [5, 5.41) is 3.43. The Hall–Kier alpha value is -2.62. The number of fused-ring (bicyclic) bond motifs is 1. The van der Waals surface area contributed by atoms with Crippen LogP contribution in [0.5, 0.6) is 5.75 Å². The molecule has 180 valence electrons. The van der Waals surface area contributed by atoms with Crippen molar-refractivity contribution >= 4 is 21.6 Å². The Morgan fingerprint density at radius 2 is 1.85 bits per heavy atom. The molecule has 3 atom stereocenters. The standard InChI is InChI=1S/C24H33N3O5S/c1-16-6-9-20(10-7-16)33(29,30)26-19-8-11-21-22(12-19)32-15-18(3)25-13-17(2)23(31-5)14-27(4)24(21)28/h6-12,17-18,23,25-26H,13-15H2,1-5H3/t17-,18+,23+/m0/s1. The van der Waals surface area contributed by atoms with Crippen LogP contribution in [0, 0.1) is 12.8 Å². The second-order valence-corrected chi connectivity index (χ2v) is 10.4. The monoisotopic (exact) mass is 475 g/mol.